The monoisotopic (exact) mass is 265 g/mol. The minimum atomic E-state index is -0.0398. The van der Waals surface area contributed by atoms with Gasteiger partial charge >= 0.3 is 0 Å². The number of hydrogen-bond donors (Lipinski definition) is 1. The number of ether oxygens (including phenoxy) is 1. The zero-order chi connectivity index (χ0) is 13.8. The largest absolute Gasteiger partial charge is 0.381 e. The summed E-state index contributed by atoms with van der Waals surface area (Å²) < 4.78 is 7.10. The number of aromatic nitrogens is 2. The van der Waals surface area contributed by atoms with E-state index < -0.39 is 0 Å². The molecule has 0 aromatic carbocycles. The predicted molar refractivity (Wildman–Crippen MR) is 75.3 cm³/mol. The molecule has 2 unspecified atom stereocenters. The van der Waals surface area contributed by atoms with Crippen LogP contribution in [0.1, 0.15) is 27.2 Å². The van der Waals surface area contributed by atoms with Gasteiger partial charge in [-0.25, -0.2) is 4.98 Å². The van der Waals surface area contributed by atoms with Crippen LogP contribution in [-0.4, -0.2) is 28.8 Å². The van der Waals surface area contributed by atoms with E-state index in [2.05, 4.69) is 31.1 Å². The Hall–Kier alpha value is -1.36. The molecule has 5 nitrogen and oxygen atoms in total. The summed E-state index contributed by atoms with van der Waals surface area (Å²) in [7, 11) is 0. The molecule has 0 bridgehead atoms. The van der Waals surface area contributed by atoms with E-state index in [1.54, 1.807) is 17.0 Å². The molecule has 19 heavy (non-hydrogen) atoms. The highest BCUT2D eigenvalue weighted by atomic mass is 16.5. The van der Waals surface area contributed by atoms with Crippen LogP contribution in [0.2, 0.25) is 0 Å². The molecule has 0 radical (unpaired) electrons. The second kappa shape index (κ2) is 6.19. The fourth-order valence-corrected chi connectivity index (χ4v) is 2.36. The summed E-state index contributed by atoms with van der Waals surface area (Å²) in [6.07, 6.45) is 4.47. The van der Waals surface area contributed by atoms with E-state index in [0.717, 1.165) is 26.2 Å². The van der Waals surface area contributed by atoms with Crippen LogP contribution in [0.5, 0.6) is 0 Å². The summed E-state index contributed by atoms with van der Waals surface area (Å²) in [5.41, 5.74) is -0.0398. The topological polar surface area (TPSA) is 56.1 Å². The molecule has 2 atom stereocenters. The van der Waals surface area contributed by atoms with Gasteiger partial charge in [0, 0.05) is 37.5 Å². The van der Waals surface area contributed by atoms with Gasteiger partial charge < -0.3 is 14.6 Å². The first-order chi connectivity index (χ1) is 9.08. The molecule has 0 spiro atoms. The van der Waals surface area contributed by atoms with E-state index in [1.807, 2.05) is 0 Å². The number of nitrogens with zero attached hydrogens (tertiary/aromatic N) is 2. The molecule has 0 amide bonds. The molecule has 1 aliphatic rings. The van der Waals surface area contributed by atoms with E-state index in [-0.39, 0.29) is 11.6 Å². The van der Waals surface area contributed by atoms with Crippen LogP contribution in [0.4, 0.5) is 5.82 Å². The van der Waals surface area contributed by atoms with Gasteiger partial charge in [-0.2, -0.15) is 0 Å². The normalized spacial score (nSPS) is 20.7. The predicted octanol–water partition coefficient (Wildman–Crippen LogP) is 1.74. The molecule has 1 N–H and O–H groups in total. The first-order valence-electron chi connectivity index (χ1n) is 6.97. The van der Waals surface area contributed by atoms with E-state index in [0.29, 0.717) is 17.7 Å². The summed E-state index contributed by atoms with van der Waals surface area (Å²) in [4.78, 5) is 16.4. The van der Waals surface area contributed by atoms with E-state index >= 15 is 0 Å². The fourth-order valence-electron chi connectivity index (χ4n) is 2.36. The van der Waals surface area contributed by atoms with Gasteiger partial charge in [-0.05, 0) is 19.3 Å². The van der Waals surface area contributed by atoms with Crippen LogP contribution in [0.3, 0.4) is 0 Å². The summed E-state index contributed by atoms with van der Waals surface area (Å²) in [5.74, 6) is 1.34. The van der Waals surface area contributed by atoms with E-state index in [4.69, 9.17) is 4.74 Å². The Bertz CT molecular complexity index is 464. The Kier molecular flexibility index (Phi) is 4.58. The van der Waals surface area contributed by atoms with Gasteiger partial charge in [0.25, 0.3) is 5.56 Å². The second-order valence-corrected chi connectivity index (χ2v) is 5.68. The molecule has 106 valence electrons. The van der Waals surface area contributed by atoms with Gasteiger partial charge in [-0.3, -0.25) is 4.79 Å². The van der Waals surface area contributed by atoms with Crippen molar-refractivity contribution in [3.05, 3.63) is 22.7 Å². The lowest BCUT2D eigenvalue weighted by atomic mass is 10.0. The number of rotatable bonds is 5. The van der Waals surface area contributed by atoms with Gasteiger partial charge in [0.2, 0.25) is 0 Å². The molecule has 1 aromatic rings. The molecule has 0 saturated carbocycles. The second-order valence-electron chi connectivity index (χ2n) is 5.68. The Morgan fingerprint density at radius 3 is 2.95 bits per heavy atom. The van der Waals surface area contributed by atoms with Crippen molar-refractivity contribution in [3.8, 4) is 0 Å². The Labute approximate surface area is 114 Å². The highest BCUT2D eigenvalue weighted by molar-refractivity contribution is 5.32. The van der Waals surface area contributed by atoms with Crippen molar-refractivity contribution in [2.45, 2.75) is 39.8 Å². The maximum atomic E-state index is 12.3. The van der Waals surface area contributed by atoms with Crippen LogP contribution in [-0.2, 0) is 11.3 Å². The lowest BCUT2D eigenvalue weighted by Gasteiger charge is -2.20. The van der Waals surface area contributed by atoms with Crippen LogP contribution in [0, 0.1) is 11.8 Å². The zero-order valence-electron chi connectivity index (χ0n) is 11.9. The highest BCUT2D eigenvalue weighted by Crippen LogP contribution is 2.18. The number of anilines is 1. The van der Waals surface area contributed by atoms with Gasteiger partial charge in [-0.1, -0.05) is 13.8 Å². The standard InChI is InChI=1S/C14H23N3O2/c1-10(2)8-17-6-5-15-13(14(17)18)16-11(3)12-4-7-19-9-12/h5-6,10-12H,4,7-9H2,1-3H3,(H,15,16). The quantitative estimate of drug-likeness (QED) is 0.881. The van der Waals surface area contributed by atoms with E-state index in [9.17, 15) is 4.79 Å². The van der Waals surface area contributed by atoms with Crippen molar-refractivity contribution < 1.29 is 4.74 Å². The Morgan fingerprint density at radius 1 is 1.53 bits per heavy atom. The molecule has 1 saturated heterocycles. The molecule has 2 heterocycles. The number of nitrogens with one attached hydrogen (secondary N) is 1. The van der Waals surface area contributed by atoms with Gasteiger partial charge in [0.1, 0.15) is 0 Å². The van der Waals surface area contributed by atoms with Gasteiger partial charge in [-0.15, -0.1) is 0 Å². The molecule has 1 fully saturated rings. The third kappa shape index (κ3) is 3.56. The molecule has 0 aliphatic carbocycles. The molecule has 1 aromatic heterocycles. The van der Waals surface area contributed by atoms with E-state index in [1.165, 1.54) is 0 Å². The van der Waals surface area contributed by atoms with Crippen molar-refractivity contribution in [1.29, 1.82) is 0 Å². The Balaban J connectivity index is 2.09. The van der Waals surface area contributed by atoms with Crippen LogP contribution >= 0.6 is 0 Å². The Morgan fingerprint density at radius 2 is 2.32 bits per heavy atom. The van der Waals surface area contributed by atoms with Gasteiger partial charge in [0.05, 0.1) is 6.61 Å². The first kappa shape index (κ1) is 14.1. The van der Waals surface area contributed by atoms with Crippen LogP contribution in [0.15, 0.2) is 17.2 Å². The first-order valence-corrected chi connectivity index (χ1v) is 6.97. The smallest absolute Gasteiger partial charge is 0.293 e. The fraction of sp³-hybridized carbons (Fsp3) is 0.714. The van der Waals surface area contributed by atoms with Gasteiger partial charge in [0.15, 0.2) is 5.82 Å². The maximum absolute atomic E-state index is 12.3. The van der Waals surface area contributed by atoms with Crippen LogP contribution < -0.4 is 10.9 Å². The average Bonchev–Trinajstić information content (AvgIpc) is 2.87. The van der Waals surface area contributed by atoms with Crippen LogP contribution in [0.25, 0.3) is 0 Å². The third-order valence-electron chi connectivity index (χ3n) is 3.51. The number of hydrogen-bond acceptors (Lipinski definition) is 4. The lowest BCUT2D eigenvalue weighted by molar-refractivity contribution is 0.183. The summed E-state index contributed by atoms with van der Waals surface area (Å²) in [6.45, 7) is 8.58. The molecule has 1 aliphatic heterocycles. The lowest BCUT2D eigenvalue weighted by Crippen LogP contribution is -2.32. The molecular weight excluding hydrogens is 242 g/mol. The summed E-state index contributed by atoms with van der Waals surface area (Å²) in [5, 5.41) is 3.24. The minimum Gasteiger partial charge on any atom is -0.381 e. The zero-order valence-corrected chi connectivity index (χ0v) is 11.9. The minimum absolute atomic E-state index is 0.0398. The van der Waals surface area contributed by atoms with Crippen molar-refractivity contribution in [2.75, 3.05) is 18.5 Å². The van der Waals surface area contributed by atoms with Crippen molar-refractivity contribution in [3.63, 3.8) is 0 Å². The van der Waals surface area contributed by atoms with Crippen molar-refractivity contribution in [1.82, 2.24) is 9.55 Å². The molecule has 2 rings (SSSR count). The maximum Gasteiger partial charge on any atom is 0.293 e. The molecule has 5 heteroatoms. The van der Waals surface area contributed by atoms with Crippen molar-refractivity contribution in [2.24, 2.45) is 11.8 Å². The highest BCUT2D eigenvalue weighted by Gasteiger charge is 2.23. The SMILES string of the molecule is CC(C)Cn1ccnc(NC(C)C2CCOC2)c1=O. The third-order valence-corrected chi connectivity index (χ3v) is 3.51. The van der Waals surface area contributed by atoms with Crippen molar-refractivity contribution >= 4 is 5.82 Å². The molecular formula is C14H23N3O2. The average molecular weight is 265 g/mol. The summed E-state index contributed by atoms with van der Waals surface area (Å²) in [6, 6.07) is 0.206. The summed E-state index contributed by atoms with van der Waals surface area (Å²) >= 11 is 0.